The highest BCUT2D eigenvalue weighted by molar-refractivity contribution is 5.85. The molecule has 2 rings (SSSR count). The van der Waals surface area contributed by atoms with Gasteiger partial charge in [0.2, 0.25) is 11.8 Å². The van der Waals surface area contributed by atoms with Crippen LogP contribution in [0.2, 0.25) is 0 Å². The molecule has 0 aromatic heterocycles. The van der Waals surface area contributed by atoms with Crippen LogP contribution in [-0.2, 0) is 9.59 Å². The highest BCUT2D eigenvalue weighted by Gasteiger charge is 2.36. The van der Waals surface area contributed by atoms with Crippen molar-refractivity contribution in [3.8, 4) is 0 Å². The van der Waals surface area contributed by atoms with Gasteiger partial charge in [0.15, 0.2) is 0 Å². The first-order chi connectivity index (χ1) is 9.61. The van der Waals surface area contributed by atoms with Gasteiger partial charge in [-0.05, 0) is 39.2 Å². The largest absolute Gasteiger partial charge is 0.354 e. The predicted octanol–water partition coefficient (Wildman–Crippen LogP) is 1.17. The molecule has 1 unspecified atom stereocenters. The van der Waals surface area contributed by atoms with E-state index in [0.29, 0.717) is 13.1 Å². The van der Waals surface area contributed by atoms with Crippen molar-refractivity contribution in [3.63, 3.8) is 0 Å². The quantitative estimate of drug-likeness (QED) is 0.773. The Labute approximate surface area is 133 Å². The minimum atomic E-state index is -0.0275. The zero-order valence-corrected chi connectivity index (χ0v) is 13.9. The Morgan fingerprint density at radius 1 is 1.24 bits per heavy atom. The van der Waals surface area contributed by atoms with Crippen LogP contribution in [0.5, 0.6) is 0 Å². The maximum Gasteiger partial charge on any atom is 0.225 e. The number of halogens is 1. The molecule has 1 aliphatic carbocycles. The average Bonchev–Trinajstić information content (AvgIpc) is 3.29. The first kappa shape index (κ1) is 18.2. The van der Waals surface area contributed by atoms with Gasteiger partial charge < -0.3 is 15.5 Å². The zero-order chi connectivity index (χ0) is 14.5. The lowest BCUT2D eigenvalue weighted by Gasteiger charge is -2.32. The molecule has 122 valence electrons. The van der Waals surface area contributed by atoms with Crippen LogP contribution in [-0.4, -0.2) is 48.9 Å². The summed E-state index contributed by atoms with van der Waals surface area (Å²) < 4.78 is 0. The van der Waals surface area contributed by atoms with Gasteiger partial charge in [0.25, 0.3) is 0 Å². The summed E-state index contributed by atoms with van der Waals surface area (Å²) in [5.74, 6) is 0.595. The second-order valence-corrected chi connectivity index (χ2v) is 6.10. The number of amides is 2. The first-order valence-corrected chi connectivity index (χ1v) is 7.91. The smallest absolute Gasteiger partial charge is 0.225 e. The summed E-state index contributed by atoms with van der Waals surface area (Å²) in [6.45, 7) is 7.11. The summed E-state index contributed by atoms with van der Waals surface area (Å²) in [5, 5.41) is 6.28. The highest BCUT2D eigenvalue weighted by Crippen LogP contribution is 2.32. The van der Waals surface area contributed by atoms with Gasteiger partial charge in [-0.2, -0.15) is 0 Å². The number of likely N-dealkylation sites (N-methyl/N-ethyl adjacent to an activating group) is 1. The third-order valence-corrected chi connectivity index (χ3v) is 4.17. The van der Waals surface area contributed by atoms with E-state index in [1.165, 1.54) is 0 Å². The molecule has 2 N–H and O–H groups in total. The SMILES string of the molecule is CCN[C@H](C)CNC(=O)C1CCCN(C(=O)C2CC2)C1.Cl. The maximum atomic E-state index is 12.2. The van der Waals surface area contributed by atoms with Crippen molar-refractivity contribution in [2.24, 2.45) is 11.8 Å². The van der Waals surface area contributed by atoms with Gasteiger partial charge in [-0.15, -0.1) is 12.4 Å². The van der Waals surface area contributed by atoms with Crippen LogP contribution in [0.3, 0.4) is 0 Å². The van der Waals surface area contributed by atoms with Gasteiger partial charge in [-0.3, -0.25) is 9.59 Å². The number of carbonyl (C=O) groups excluding carboxylic acids is 2. The summed E-state index contributed by atoms with van der Waals surface area (Å²) in [7, 11) is 0. The number of carbonyl (C=O) groups is 2. The third kappa shape index (κ3) is 5.47. The minimum Gasteiger partial charge on any atom is -0.354 e. The molecule has 5 nitrogen and oxygen atoms in total. The van der Waals surface area contributed by atoms with Crippen molar-refractivity contribution in [1.82, 2.24) is 15.5 Å². The van der Waals surface area contributed by atoms with Crippen molar-refractivity contribution >= 4 is 24.2 Å². The van der Waals surface area contributed by atoms with E-state index >= 15 is 0 Å². The Balaban J connectivity index is 0.00000220. The molecule has 2 aliphatic rings. The molecule has 1 heterocycles. The fourth-order valence-corrected chi connectivity index (χ4v) is 2.80. The molecule has 21 heavy (non-hydrogen) atoms. The Kier molecular flexibility index (Phi) is 7.46. The highest BCUT2D eigenvalue weighted by atomic mass is 35.5. The van der Waals surface area contributed by atoms with Crippen molar-refractivity contribution < 1.29 is 9.59 Å². The molecule has 0 radical (unpaired) electrons. The number of nitrogens with zero attached hydrogens (tertiary/aromatic N) is 1. The summed E-state index contributed by atoms with van der Waals surface area (Å²) in [6.07, 6.45) is 3.91. The molecule has 2 atom stereocenters. The summed E-state index contributed by atoms with van der Waals surface area (Å²) >= 11 is 0. The first-order valence-electron chi connectivity index (χ1n) is 7.91. The second-order valence-electron chi connectivity index (χ2n) is 6.10. The maximum absolute atomic E-state index is 12.2. The molecular formula is C15H28ClN3O2. The van der Waals surface area contributed by atoms with Gasteiger partial charge in [-0.25, -0.2) is 0 Å². The Hall–Kier alpha value is -0.810. The van der Waals surface area contributed by atoms with Gasteiger partial charge in [-0.1, -0.05) is 6.92 Å². The van der Waals surface area contributed by atoms with Crippen LogP contribution in [0.15, 0.2) is 0 Å². The minimum absolute atomic E-state index is 0. The average molecular weight is 318 g/mol. The lowest BCUT2D eigenvalue weighted by molar-refractivity contribution is -0.136. The molecule has 2 amide bonds. The molecule has 1 saturated carbocycles. The van der Waals surface area contributed by atoms with Gasteiger partial charge in [0.1, 0.15) is 0 Å². The van der Waals surface area contributed by atoms with Crippen molar-refractivity contribution in [2.45, 2.75) is 45.6 Å². The second kappa shape index (κ2) is 8.59. The third-order valence-electron chi connectivity index (χ3n) is 4.17. The molecule has 1 saturated heterocycles. The topological polar surface area (TPSA) is 61.4 Å². The Morgan fingerprint density at radius 2 is 1.95 bits per heavy atom. The standard InChI is InChI=1S/C15H27N3O2.ClH/c1-3-16-11(2)9-17-14(19)13-5-4-8-18(10-13)15(20)12-6-7-12;/h11-13,16H,3-10H2,1-2H3,(H,17,19);1H/t11-,13?;/m1./s1. The van der Waals surface area contributed by atoms with E-state index in [9.17, 15) is 9.59 Å². The number of piperidine rings is 1. The van der Waals surface area contributed by atoms with E-state index in [4.69, 9.17) is 0 Å². The van der Waals surface area contributed by atoms with Crippen LogP contribution in [0.1, 0.15) is 39.5 Å². The molecule has 0 aromatic rings. The molecule has 6 heteroatoms. The van der Waals surface area contributed by atoms with Crippen molar-refractivity contribution in [3.05, 3.63) is 0 Å². The summed E-state index contributed by atoms with van der Waals surface area (Å²) in [5.41, 5.74) is 0. The number of rotatable bonds is 6. The van der Waals surface area contributed by atoms with Crippen LogP contribution in [0.25, 0.3) is 0 Å². The molecular weight excluding hydrogens is 290 g/mol. The van der Waals surface area contributed by atoms with E-state index in [1.807, 2.05) is 4.90 Å². The van der Waals surface area contributed by atoms with Gasteiger partial charge >= 0.3 is 0 Å². The fourth-order valence-electron chi connectivity index (χ4n) is 2.80. The van der Waals surface area contributed by atoms with Crippen molar-refractivity contribution in [2.75, 3.05) is 26.2 Å². The summed E-state index contributed by atoms with van der Waals surface area (Å²) in [6, 6.07) is 0.289. The normalized spacial score (nSPS) is 23.1. The van der Waals surface area contributed by atoms with Gasteiger partial charge in [0.05, 0.1) is 5.92 Å². The molecule has 1 aliphatic heterocycles. The van der Waals surface area contributed by atoms with E-state index < -0.39 is 0 Å². The molecule has 2 fully saturated rings. The lowest BCUT2D eigenvalue weighted by atomic mass is 9.96. The Bertz CT molecular complexity index is 361. The van der Waals surface area contributed by atoms with Crippen LogP contribution < -0.4 is 10.6 Å². The zero-order valence-electron chi connectivity index (χ0n) is 13.1. The number of hydrogen-bond donors (Lipinski definition) is 2. The van der Waals surface area contributed by atoms with Crippen molar-refractivity contribution in [1.29, 1.82) is 0 Å². The van der Waals surface area contributed by atoms with Crippen LogP contribution in [0.4, 0.5) is 0 Å². The van der Waals surface area contributed by atoms with E-state index in [2.05, 4.69) is 24.5 Å². The molecule has 0 bridgehead atoms. The van der Waals surface area contributed by atoms with Crippen LogP contribution >= 0.6 is 12.4 Å². The summed E-state index contributed by atoms with van der Waals surface area (Å²) in [4.78, 5) is 26.1. The van der Waals surface area contributed by atoms with E-state index in [-0.39, 0.29) is 42.1 Å². The molecule has 0 spiro atoms. The van der Waals surface area contributed by atoms with E-state index in [0.717, 1.165) is 38.8 Å². The number of nitrogens with one attached hydrogen (secondary N) is 2. The number of likely N-dealkylation sites (tertiary alicyclic amines) is 1. The monoisotopic (exact) mass is 317 g/mol. The number of hydrogen-bond acceptors (Lipinski definition) is 3. The fraction of sp³-hybridized carbons (Fsp3) is 0.867. The van der Waals surface area contributed by atoms with E-state index in [1.54, 1.807) is 0 Å². The molecule has 0 aromatic carbocycles. The Morgan fingerprint density at radius 3 is 2.57 bits per heavy atom. The lowest BCUT2D eigenvalue weighted by Crippen LogP contribution is -2.48. The van der Waals surface area contributed by atoms with Gasteiger partial charge in [0, 0.05) is 31.6 Å². The predicted molar refractivity (Wildman–Crippen MR) is 85.4 cm³/mol. The van der Waals surface area contributed by atoms with Crippen LogP contribution in [0, 0.1) is 11.8 Å².